The Balaban J connectivity index is 3.34. The number of rotatable bonds is 2. The number of pyridine rings is 1. The van der Waals surface area contributed by atoms with Crippen molar-refractivity contribution in [3.63, 3.8) is 0 Å². The van der Waals surface area contributed by atoms with Gasteiger partial charge in [0.2, 0.25) is 0 Å². The molecule has 0 atom stereocenters. The molecule has 1 aromatic heterocycles. The van der Waals surface area contributed by atoms with Gasteiger partial charge in [0.25, 0.3) is 15.5 Å². The summed E-state index contributed by atoms with van der Waals surface area (Å²) in [5.74, 6) is 0. The molecule has 0 aliphatic rings. The minimum atomic E-state index is -4.11. The standard InChI is InChI=1S/C6H3Cl2F2NO2S/c7-3-1-2-4(14(8,12)13)11-5(3)6(9)10/h1-2,6H. The summed E-state index contributed by atoms with van der Waals surface area (Å²) in [6.07, 6.45) is -2.94. The number of hydrogen-bond donors (Lipinski definition) is 0. The Morgan fingerprint density at radius 2 is 1.93 bits per heavy atom. The number of alkyl halides is 2. The zero-order valence-corrected chi connectivity index (χ0v) is 8.74. The molecule has 0 aliphatic carbocycles. The first-order valence-corrected chi connectivity index (χ1v) is 5.90. The predicted octanol–water partition coefficient (Wildman–Crippen LogP) is 2.60. The van der Waals surface area contributed by atoms with Crippen LogP contribution in [0.4, 0.5) is 8.78 Å². The highest BCUT2D eigenvalue weighted by atomic mass is 35.7. The molecule has 0 saturated carbocycles. The summed E-state index contributed by atoms with van der Waals surface area (Å²) in [7, 11) is 0.803. The van der Waals surface area contributed by atoms with Gasteiger partial charge in [-0.2, -0.15) is 0 Å². The second-order valence-electron chi connectivity index (χ2n) is 2.26. The maximum absolute atomic E-state index is 12.2. The lowest BCUT2D eigenvalue weighted by Crippen LogP contribution is -2.00. The summed E-state index contributed by atoms with van der Waals surface area (Å²) in [6.45, 7) is 0. The van der Waals surface area contributed by atoms with Gasteiger partial charge < -0.3 is 0 Å². The molecular formula is C6H3Cl2F2NO2S. The van der Waals surface area contributed by atoms with Gasteiger partial charge in [0.1, 0.15) is 5.69 Å². The van der Waals surface area contributed by atoms with Crippen molar-refractivity contribution in [1.29, 1.82) is 0 Å². The van der Waals surface area contributed by atoms with Crippen molar-refractivity contribution < 1.29 is 17.2 Å². The van der Waals surface area contributed by atoms with Crippen LogP contribution >= 0.6 is 22.3 Å². The zero-order valence-electron chi connectivity index (χ0n) is 6.42. The van der Waals surface area contributed by atoms with Crippen LogP contribution in [0.2, 0.25) is 5.02 Å². The fraction of sp³-hybridized carbons (Fsp3) is 0.167. The van der Waals surface area contributed by atoms with Crippen molar-refractivity contribution in [2.45, 2.75) is 11.5 Å². The lowest BCUT2D eigenvalue weighted by atomic mass is 10.4. The normalized spacial score (nSPS) is 12.1. The van der Waals surface area contributed by atoms with E-state index in [2.05, 4.69) is 4.98 Å². The molecule has 1 rings (SSSR count). The second kappa shape index (κ2) is 3.96. The van der Waals surface area contributed by atoms with Crippen LogP contribution in [0.1, 0.15) is 12.1 Å². The Hall–Kier alpha value is -0.460. The van der Waals surface area contributed by atoms with E-state index in [0.717, 1.165) is 12.1 Å². The van der Waals surface area contributed by atoms with E-state index < -0.39 is 26.2 Å². The largest absolute Gasteiger partial charge is 0.281 e. The Morgan fingerprint density at radius 3 is 2.36 bits per heavy atom. The van der Waals surface area contributed by atoms with E-state index in [-0.39, 0.29) is 5.02 Å². The van der Waals surface area contributed by atoms with Crippen molar-refractivity contribution >= 4 is 31.3 Å². The van der Waals surface area contributed by atoms with Crippen molar-refractivity contribution in [3.8, 4) is 0 Å². The third kappa shape index (κ3) is 2.52. The van der Waals surface area contributed by atoms with Crippen LogP contribution in [-0.2, 0) is 9.05 Å². The molecule has 0 amide bonds. The molecule has 14 heavy (non-hydrogen) atoms. The number of aromatic nitrogens is 1. The van der Waals surface area contributed by atoms with E-state index >= 15 is 0 Å². The third-order valence-electron chi connectivity index (χ3n) is 1.30. The lowest BCUT2D eigenvalue weighted by molar-refractivity contribution is 0.145. The average molecular weight is 262 g/mol. The lowest BCUT2D eigenvalue weighted by Gasteiger charge is -2.02. The van der Waals surface area contributed by atoms with E-state index in [0.29, 0.717) is 0 Å². The molecule has 0 radical (unpaired) electrons. The van der Waals surface area contributed by atoms with Gasteiger partial charge in [-0.3, -0.25) is 0 Å². The Kier molecular flexibility index (Phi) is 3.28. The van der Waals surface area contributed by atoms with Gasteiger partial charge in [-0.05, 0) is 12.1 Å². The van der Waals surface area contributed by atoms with E-state index in [4.69, 9.17) is 22.3 Å². The van der Waals surface area contributed by atoms with Gasteiger partial charge in [-0.15, -0.1) is 0 Å². The average Bonchev–Trinajstić information content (AvgIpc) is 2.02. The summed E-state index contributed by atoms with van der Waals surface area (Å²) < 4.78 is 45.9. The predicted molar refractivity (Wildman–Crippen MR) is 47.2 cm³/mol. The Labute approximate surface area is 88.1 Å². The number of nitrogens with zero attached hydrogens (tertiary/aromatic N) is 1. The van der Waals surface area contributed by atoms with Crippen LogP contribution in [0.25, 0.3) is 0 Å². The molecule has 0 aromatic carbocycles. The molecule has 0 fully saturated rings. The van der Waals surface area contributed by atoms with Crippen LogP contribution in [0.5, 0.6) is 0 Å². The molecule has 1 aromatic rings. The highest BCUT2D eigenvalue weighted by Crippen LogP contribution is 2.26. The molecule has 78 valence electrons. The minimum Gasteiger partial charge on any atom is -0.232 e. The number of halogens is 4. The Bertz CT molecular complexity index is 449. The maximum Gasteiger partial charge on any atom is 0.281 e. The first-order valence-electron chi connectivity index (χ1n) is 3.21. The van der Waals surface area contributed by atoms with Crippen LogP contribution in [-0.4, -0.2) is 13.4 Å². The summed E-state index contributed by atoms with van der Waals surface area (Å²) >= 11 is 5.36. The van der Waals surface area contributed by atoms with Gasteiger partial charge >= 0.3 is 0 Å². The molecule has 8 heteroatoms. The Morgan fingerprint density at radius 1 is 1.36 bits per heavy atom. The van der Waals surface area contributed by atoms with E-state index in [9.17, 15) is 17.2 Å². The fourth-order valence-corrected chi connectivity index (χ4v) is 1.61. The second-order valence-corrected chi connectivity index (χ2v) is 5.18. The van der Waals surface area contributed by atoms with Crippen LogP contribution in [0.15, 0.2) is 17.2 Å². The summed E-state index contributed by atoms with van der Waals surface area (Å²) in [5.41, 5.74) is -0.798. The quantitative estimate of drug-likeness (QED) is 0.769. The molecule has 0 aliphatic heterocycles. The van der Waals surface area contributed by atoms with Crippen molar-refractivity contribution in [2.75, 3.05) is 0 Å². The van der Waals surface area contributed by atoms with Crippen LogP contribution < -0.4 is 0 Å². The first-order chi connectivity index (χ1) is 6.32. The monoisotopic (exact) mass is 261 g/mol. The summed E-state index contributed by atoms with van der Waals surface area (Å²) in [6, 6.07) is 1.96. The van der Waals surface area contributed by atoms with Crippen molar-refractivity contribution in [2.24, 2.45) is 0 Å². The fourth-order valence-electron chi connectivity index (χ4n) is 0.728. The molecule has 0 N–H and O–H groups in total. The summed E-state index contributed by atoms with van der Waals surface area (Å²) in [5, 5.41) is -0.942. The topological polar surface area (TPSA) is 47.0 Å². The van der Waals surface area contributed by atoms with Crippen LogP contribution in [0.3, 0.4) is 0 Å². The molecule has 0 unspecified atom stereocenters. The summed E-state index contributed by atoms with van der Waals surface area (Å²) in [4.78, 5) is 3.14. The van der Waals surface area contributed by atoms with Gasteiger partial charge in [-0.1, -0.05) is 11.6 Å². The molecule has 0 bridgehead atoms. The molecule has 1 heterocycles. The highest BCUT2D eigenvalue weighted by molar-refractivity contribution is 8.13. The SMILES string of the molecule is O=S(=O)(Cl)c1ccc(Cl)c(C(F)F)n1. The molecule has 3 nitrogen and oxygen atoms in total. The van der Waals surface area contributed by atoms with Gasteiger partial charge in [0, 0.05) is 10.7 Å². The number of hydrogen-bond acceptors (Lipinski definition) is 3. The smallest absolute Gasteiger partial charge is 0.232 e. The van der Waals surface area contributed by atoms with E-state index in [1.807, 2.05) is 0 Å². The van der Waals surface area contributed by atoms with Crippen molar-refractivity contribution in [3.05, 3.63) is 22.8 Å². The highest BCUT2D eigenvalue weighted by Gasteiger charge is 2.19. The van der Waals surface area contributed by atoms with E-state index in [1.165, 1.54) is 0 Å². The first kappa shape index (κ1) is 11.6. The van der Waals surface area contributed by atoms with E-state index in [1.54, 1.807) is 0 Å². The minimum absolute atomic E-state index is 0.302. The molecule has 0 spiro atoms. The van der Waals surface area contributed by atoms with Gasteiger partial charge in [0.15, 0.2) is 5.03 Å². The zero-order chi connectivity index (χ0) is 10.9. The molecular weight excluding hydrogens is 259 g/mol. The maximum atomic E-state index is 12.2. The van der Waals surface area contributed by atoms with Crippen molar-refractivity contribution in [1.82, 2.24) is 4.98 Å². The molecule has 0 saturated heterocycles. The van der Waals surface area contributed by atoms with Gasteiger partial charge in [-0.25, -0.2) is 22.2 Å². The van der Waals surface area contributed by atoms with Crippen LogP contribution in [0, 0.1) is 0 Å². The third-order valence-corrected chi connectivity index (χ3v) is 2.82. The van der Waals surface area contributed by atoms with Gasteiger partial charge in [0.05, 0.1) is 5.02 Å².